The Bertz CT molecular complexity index is 163. The molecule has 1 aliphatic rings. The average molecular weight is 175 g/mol. The molecule has 3 nitrogen and oxygen atoms in total. The molecule has 4 heteroatoms. The number of aliphatic carboxylic acids is 1. The molecule has 1 fully saturated rings. The molecule has 1 aliphatic heterocycles. The van der Waals surface area contributed by atoms with Gasteiger partial charge in [-0.1, -0.05) is 0 Å². The monoisotopic (exact) mass is 175 g/mol. The summed E-state index contributed by atoms with van der Waals surface area (Å²) in [4.78, 5) is 12.5. The molecule has 0 spiro atoms. The molecule has 2 atom stereocenters. The highest BCUT2D eigenvalue weighted by Gasteiger charge is 2.33. The molecule has 0 amide bonds. The first-order valence-corrected chi connectivity index (χ1v) is 4.89. The molecule has 11 heavy (non-hydrogen) atoms. The summed E-state index contributed by atoms with van der Waals surface area (Å²) in [5.74, 6) is -0.691. The van der Waals surface area contributed by atoms with Gasteiger partial charge >= 0.3 is 5.97 Å². The van der Waals surface area contributed by atoms with Crippen LogP contribution in [0.3, 0.4) is 0 Å². The van der Waals surface area contributed by atoms with Crippen LogP contribution in [-0.2, 0) is 4.79 Å². The molecule has 0 saturated carbocycles. The van der Waals surface area contributed by atoms with Gasteiger partial charge in [0.05, 0.1) is 0 Å². The SMILES string of the molecule is CSC1CC(C(=O)O)N(C)C1. The standard InChI is InChI=1S/C7H13NO2S/c1-8-4-5(11-2)3-6(8)7(9)10/h5-6H,3-4H2,1-2H3,(H,9,10). The topological polar surface area (TPSA) is 40.5 Å². The Hall–Kier alpha value is -0.220. The largest absolute Gasteiger partial charge is 0.480 e. The lowest BCUT2D eigenvalue weighted by molar-refractivity contribution is -0.141. The van der Waals surface area contributed by atoms with Crippen molar-refractivity contribution in [1.82, 2.24) is 4.90 Å². The van der Waals surface area contributed by atoms with Crippen molar-refractivity contribution in [2.24, 2.45) is 0 Å². The third-order valence-electron chi connectivity index (χ3n) is 2.13. The molecular weight excluding hydrogens is 162 g/mol. The van der Waals surface area contributed by atoms with Gasteiger partial charge in [0, 0.05) is 11.8 Å². The fourth-order valence-electron chi connectivity index (χ4n) is 1.41. The Morgan fingerprint density at radius 3 is 2.64 bits per heavy atom. The van der Waals surface area contributed by atoms with Crippen molar-refractivity contribution in [1.29, 1.82) is 0 Å². The molecule has 1 heterocycles. The van der Waals surface area contributed by atoms with Gasteiger partial charge in [-0.25, -0.2) is 0 Å². The number of hydrogen-bond donors (Lipinski definition) is 1. The van der Waals surface area contributed by atoms with E-state index in [1.54, 1.807) is 11.8 Å². The Morgan fingerprint density at radius 1 is 1.73 bits per heavy atom. The minimum Gasteiger partial charge on any atom is -0.480 e. The van der Waals surface area contributed by atoms with Gasteiger partial charge in [-0.3, -0.25) is 9.69 Å². The number of carboxylic acid groups (broad SMARTS) is 1. The summed E-state index contributed by atoms with van der Waals surface area (Å²) >= 11 is 1.75. The average Bonchev–Trinajstić information content (AvgIpc) is 2.30. The number of likely N-dealkylation sites (N-methyl/N-ethyl adjacent to an activating group) is 1. The van der Waals surface area contributed by atoms with Crippen molar-refractivity contribution in [3.63, 3.8) is 0 Å². The summed E-state index contributed by atoms with van der Waals surface area (Å²) in [7, 11) is 1.87. The van der Waals surface area contributed by atoms with Crippen LogP contribution in [0.4, 0.5) is 0 Å². The summed E-state index contributed by atoms with van der Waals surface area (Å²) in [5.41, 5.74) is 0. The molecule has 0 aromatic rings. The van der Waals surface area contributed by atoms with E-state index in [1.165, 1.54) is 0 Å². The highest BCUT2D eigenvalue weighted by atomic mass is 32.2. The van der Waals surface area contributed by atoms with Gasteiger partial charge in [-0.05, 0) is 19.7 Å². The van der Waals surface area contributed by atoms with Crippen molar-refractivity contribution in [2.75, 3.05) is 19.8 Å². The van der Waals surface area contributed by atoms with Gasteiger partial charge in [0.15, 0.2) is 0 Å². The highest BCUT2D eigenvalue weighted by Crippen LogP contribution is 2.24. The van der Waals surface area contributed by atoms with E-state index in [1.807, 2.05) is 18.2 Å². The molecule has 1 saturated heterocycles. The van der Waals surface area contributed by atoms with E-state index in [4.69, 9.17) is 5.11 Å². The summed E-state index contributed by atoms with van der Waals surface area (Å²) in [6.07, 6.45) is 2.82. The number of nitrogens with zero attached hydrogens (tertiary/aromatic N) is 1. The van der Waals surface area contributed by atoms with Crippen molar-refractivity contribution in [3.05, 3.63) is 0 Å². The second-order valence-electron chi connectivity index (χ2n) is 2.89. The lowest BCUT2D eigenvalue weighted by Gasteiger charge is -2.13. The number of rotatable bonds is 2. The Labute approximate surface area is 70.8 Å². The molecule has 1 N–H and O–H groups in total. The highest BCUT2D eigenvalue weighted by molar-refractivity contribution is 7.99. The van der Waals surface area contributed by atoms with Crippen LogP contribution in [0.1, 0.15) is 6.42 Å². The molecule has 0 radical (unpaired) electrons. The number of carboxylic acids is 1. The van der Waals surface area contributed by atoms with Crippen LogP contribution >= 0.6 is 11.8 Å². The maximum atomic E-state index is 10.6. The molecule has 64 valence electrons. The third kappa shape index (κ3) is 1.87. The molecule has 0 aromatic carbocycles. The van der Waals surface area contributed by atoms with Crippen molar-refractivity contribution >= 4 is 17.7 Å². The Balaban J connectivity index is 2.51. The summed E-state index contributed by atoms with van der Waals surface area (Å²) in [5, 5.41) is 9.25. The third-order valence-corrected chi connectivity index (χ3v) is 3.14. The quantitative estimate of drug-likeness (QED) is 0.663. The lowest BCUT2D eigenvalue weighted by atomic mass is 10.2. The van der Waals surface area contributed by atoms with Crippen LogP contribution in [0, 0.1) is 0 Å². The van der Waals surface area contributed by atoms with Gasteiger partial charge in [0.2, 0.25) is 0 Å². The second kappa shape index (κ2) is 3.45. The first-order chi connectivity index (χ1) is 5.15. The molecular formula is C7H13NO2S. The van der Waals surface area contributed by atoms with Gasteiger partial charge in [0.25, 0.3) is 0 Å². The maximum absolute atomic E-state index is 10.6. The van der Waals surface area contributed by atoms with E-state index in [9.17, 15) is 4.79 Å². The van der Waals surface area contributed by atoms with E-state index < -0.39 is 5.97 Å². The van der Waals surface area contributed by atoms with Crippen molar-refractivity contribution in [2.45, 2.75) is 17.7 Å². The van der Waals surface area contributed by atoms with Crippen LogP contribution in [-0.4, -0.2) is 47.1 Å². The number of hydrogen-bond acceptors (Lipinski definition) is 3. The second-order valence-corrected chi connectivity index (χ2v) is 4.03. The molecule has 0 aromatic heterocycles. The van der Waals surface area contributed by atoms with Crippen LogP contribution in [0.2, 0.25) is 0 Å². The Kier molecular flexibility index (Phi) is 2.78. The van der Waals surface area contributed by atoms with E-state index in [2.05, 4.69) is 0 Å². The molecule has 0 aliphatic carbocycles. The van der Waals surface area contributed by atoms with Gasteiger partial charge in [0.1, 0.15) is 6.04 Å². The number of carbonyl (C=O) groups is 1. The lowest BCUT2D eigenvalue weighted by Crippen LogP contribution is -2.32. The maximum Gasteiger partial charge on any atom is 0.320 e. The van der Waals surface area contributed by atoms with Crippen LogP contribution in [0.25, 0.3) is 0 Å². The van der Waals surface area contributed by atoms with Gasteiger partial charge in [-0.15, -0.1) is 0 Å². The zero-order valence-corrected chi connectivity index (χ0v) is 7.60. The number of thioether (sulfide) groups is 1. The smallest absolute Gasteiger partial charge is 0.320 e. The molecule has 0 bridgehead atoms. The minimum absolute atomic E-state index is 0.257. The normalized spacial score (nSPS) is 32.5. The van der Waals surface area contributed by atoms with E-state index in [-0.39, 0.29) is 6.04 Å². The van der Waals surface area contributed by atoms with Crippen LogP contribution in [0.15, 0.2) is 0 Å². The zero-order valence-electron chi connectivity index (χ0n) is 6.78. The predicted octanol–water partition coefficient (Wildman–Crippen LogP) is 0.507. The fraction of sp³-hybridized carbons (Fsp3) is 0.857. The summed E-state index contributed by atoms with van der Waals surface area (Å²) in [6, 6.07) is -0.257. The van der Waals surface area contributed by atoms with Crippen molar-refractivity contribution in [3.8, 4) is 0 Å². The van der Waals surface area contributed by atoms with Crippen molar-refractivity contribution < 1.29 is 9.90 Å². The van der Waals surface area contributed by atoms with E-state index >= 15 is 0 Å². The first-order valence-electron chi connectivity index (χ1n) is 3.61. The Morgan fingerprint density at radius 2 is 2.36 bits per heavy atom. The van der Waals surface area contributed by atoms with Crippen LogP contribution in [0.5, 0.6) is 0 Å². The minimum atomic E-state index is -0.691. The van der Waals surface area contributed by atoms with E-state index in [0.29, 0.717) is 5.25 Å². The van der Waals surface area contributed by atoms with Crippen LogP contribution < -0.4 is 0 Å². The van der Waals surface area contributed by atoms with Gasteiger partial charge < -0.3 is 5.11 Å². The summed E-state index contributed by atoms with van der Waals surface area (Å²) < 4.78 is 0. The van der Waals surface area contributed by atoms with E-state index in [0.717, 1.165) is 13.0 Å². The zero-order chi connectivity index (χ0) is 8.43. The molecule has 1 rings (SSSR count). The fourth-order valence-corrected chi connectivity index (χ4v) is 2.17. The summed E-state index contributed by atoms with van der Waals surface area (Å²) in [6.45, 7) is 0.901. The molecule has 2 unspecified atom stereocenters. The van der Waals surface area contributed by atoms with Gasteiger partial charge in [-0.2, -0.15) is 11.8 Å². The predicted molar refractivity (Wildman–Crippen MR) is 46.0 cm³/mol. The number of likely N-dealkylation sites (tertiary alicyclic amines) is 1. The first kappa shape index (κ1) is 8.87.